The summed E-state index contributed by atoms with van der Waals surface area (Å²) >= 11 is 0. The Bertz CT molecular complexity index is 1060. The van der Waals surface area contributed by atoms with Crippen LogP contribution in [0.3, 0.4) is 0 Å². The van der Waals surface area contributed by atoms with Crippen LogP contribution in [0.25, 0.3) is 0 Å². The van der Waals surface area contributed by atoms with Gasteiger partial charge in [-0.3, -0.25) is 9.59 Å². The number of urea groups is 1. The second-order valence-corrected chi connectivity index (χ2v) is 7.38. The van der Waals surface area contributed by atoms with Gasteiger partial charge < -0.3 is 10.6 Å². The van der Waals surface area contributed by atoms with E-state index in [9.17, 15) is 14.4 Å². The molecule has 0 aromatic heterocycles. The zero-order valence-electron chi connectivity index (χ0n) is 15.9. The molecule has 1 aliphatic carbocycles. The van der Waals surface area contributed by atoms with Crippen molar-refractivity contribution in [2.75, 3.05) is 5.32 Å². The van der Waals surface area contributed by atoms with Crippen molar-refractivity contribution in [3.05, 3.63) is 65.2 Å². The SMILES string of the molecule is C[C@H](C(=O)Nc1cccc(C#N)c1)N1C(=O)N[C@@]2(CCCc3ccccc32)C1=O. The number of nitrogens with zero attached hydrogens (tertiary/aromatic N) is 2. The molecule has 1 spiro atoms. The van der Waals surface area contributed by atoms with Crippen LogP contribution in [-0.2, 0) is 21.5 Å². The van der Waals surface area contributed by atoms with E-state index in [1.54, 1.807) is 18.2 Å². The van der Waals surface area contributed by atoms with Crippen molar-refractivity contribution in [3.63, 3.8) is 0 Å². The quantitative estimate of drug-likeness (QED) is 0.789. The summed E-state index contributed by atoms with van der Waals surface area (Å²) in [7, 11) is 0. The maximum Gasteiger partial charge on any atom is 0.326 e. The molecule has 0 unspecified atom stereocenters. The molecule has 7 heteroatoms. The topological polar surface area (TPSA) is 102 Å². The summed E-state index contributed by atoms with van der Waals surface area (Å²) in [6.07, 6.45) is 2.13. The Hall–Kier alpha value is -3.66. The number of hydrogen-bond acceptors (Lipinski definition) is 4. The van der Waals surface area contributed by atoms with Gasteiger partial charge in [0, 0.05) is 5.69 Å². The summed E-state index contributed by atoms with van der Waals surface area (Å²) in [6, 6.07) is 14.5. The van der Waals surface area contributed by atoms with E-state index in [4.69, 9.17) is 5.26 Å². The Balaban J connectivity index is 1.59. The third-order valence-electron chi connectivity index (χ3n) is 5.62. The number of anilines is 1. The minimum atomic E-state index is -1.11. The zero-order valence-corrected chi connectivity index (χ0v) is 15.9. The molecule has 4 rings (SSSR count). The highest BCUT2D eigenvalue weighted by Gasteiger charge is 2.55. The highest BCUT2D eigenvalue weighted by atomic mass is 16.2. The van der Waals surface area contributed by atoms with Crippen LogP contribution in [0.4, 0.5) is 10.5 Å². The molecule has 0 radical (unpaired) electrons. The number of amides is 4. The first-order valence-electron chi connectivity index (χ1n) is 9.51. The molecule has 1 fully saturated rings. The molecular weight excluding hydrogens is 368 g/mol. The van der Waals surface area contributed by atoms with Gasteiger partial charge in [0.15, 0.2) is 0 Å². The van der Waals surface area contributed by atoms with Crippen LogP contribution in [0.1, 0.15) is 36.5 Å². The van der Waals surface area contributed by atoms with Gasteiger partial charge in [-0.2, -0.15) is 5.26 Å². The number of carbonyl (C=O) groups is 3. The molecular formula is C22H20N4O3. The van der Waals surface area contributed by atoms with Gasteiger partial charge >= 0.3 is 6.03 Å². The summed E-state index contributed by atoms with van der Waals surface area (Å²) in [5, 5.41) is 14.5. The first kappa shape index (κ1) is 18.7. The third-order valence-corrected chi connectivity index (χ3v) is 5.62. The molecule has 1 aliphatic heterocycles. The number of benzene rings is 2. The molecule has 4 amide bonds. The van der Waals surface area contributed by atoms with Gasteiger partial charge in [0.1, 0.15) is 11.6 Å². The van der Waals surface area contributed by atoms with Crippen molar-refractivity contribution in [3.8, 4) is 6.07 Å². The maximum absolute atomic E-state index is 13.4. The molecule has 7 nitrogen and oxygen atoms in total. The van der Waals surface area contributed by atoms with Gasteiger partial charge in [0.2, 0.25) is 5.91 Å². The van der Waals surface area contributed by atoms with Crippen molar-refractivity contribution in [1.82, 2.24) is 10.2 Å². The van der Waals surface area contributed by atoms with Gasteiger partial charge in [0.05, 0.1) is 11.6 Å². The lowest BCUT2D eigenvalue weighted by molar-refractivity contribution is -0.137. The first-order valence-corrected chi connectivity index (χ1v) is 9.51. The van der Waals surface area contributed by atoms with Crippen molar-refractivity contribution >= 4 is 23.5 Å². The fraction of sp³-hybridized carbons (Fsp3) is 0.273. The molecule has 146 valence electrons. The summed E-state index contributed by atoms with van der Waals surface area (Å²) in [6.45, 7) is 1.52. The highest BCUT2D eigenvalue weighted by molar-refractivity contribution is 6.11. The van der Waals surface area contributed by atoms with Crippen molar-refractivity contribution in [2.45, 2.75) is 37.8 Å². The normalized spacial score (nSPS) is 21.3. The van der Waals surface area contributed by atoms with Gasteiger partial charge in [-0.25, -0.2) is 9.69 Å². The van der Waals surface area contributed by atoms with E-state index in [2.05, 4.69) is 10.6 Å². The smallest absolute Gasteiger partial charge is 0.324 e. The highest BCUT2D eigenvalue weighted by Crippen LogP contribution is 2.40. The molecule has 2 N–H and O–H groups in total. The van der Waals surface area contributed by atoms with E-state index in [1.807, 2.05) is 30.3 Å². The maximum atomic E-state index is 13.4. The molecule has 2 aliphatic rings. The van der Waals surface area contributed by atoms with E-state index in [1.165, 1.54) is 13.0 Å². The number of fused-ring (bicyclic) bond motifs is 2. The molecule has 0 bridgehead atoms. The van der Waals surface area contributed by atoms with Crippen LogP contribution in [0.2, 0.25) is 0 Å². The fourth-order valence-corrected chi connectivity index (χ4v) is 4.16. The van der Waals surface area contributed by atoms with Crippen LogP contribution in [0.15, 0.2) is 48.5 Å². The van der Waals surface area contributed by atoms with Gasteiger partial charge in [0.25, 0.3) is 5.91 Å². The molecule has 2 atom stereocenters. The number of aryl methyl sites for hydroxylation is 1. The number of imide groups is 1. The monoisotopic (exact) mass is 388 g/mol. The summed E-state index contributed by atoms with van der Waals surface area (Å²) in [5.74, 6) is -0.896. The molecule has 2 aromatic carbocycles. The van der Waals surface area contributed by atoms with Crippen LogP contribution < -0.4 is 10.6 Å². The predicted octanol–water partition coefficient (Wildman–Crippen LogP) is 2.67. The largest absolute Gasteiger partial charge is 0.326 e. The summed E-state index contributed by atoms with van der Waals surface area (Å²) in [5.41, 5.74) is 1.58. The molecule has 1 heterocycles. The number of rotatable bonds is 3. The van der Waals surface area contributed by atoms with Crippen molar-refractivity contribution < 1.29 is 14.4 Å². The van der Waals surface area contributed by atoms with Crippen molar-refractivity contribution in [2.24, 2.45) is 0 Å². The minimum Gasteiger partial charge on any atom is -0.324 e. The molecule has 0 saturated carbocycles. The van der Waals surface area contributed by atoms with E-state index in [0.29, 0.717) is 17.7 Å². The third kappa shape index (κ3) is 3.03. The lowest BCUT2D eigenvalue weighted by Gasteiger charge is -2.33. The first-order chi connectivity index (χ1) is 14.0. The van der Waals surface area contributed by atoms with E-state index < -0.39 is 29.4 Å². The lowest BCUT2D eigenvalue weighted by Crippen LogP contribution is -2.49. The van der Waals surface area contributed by atoms with Gasteiger partial charge in [-0.1, -0.05) is 30.3 Å². The Morgan fingerprint density at radius 2 is 2.03 bits per heavy atom. The number of nitrogens with one attached hydrogen (secondary N) is 2. The number of hydrogen-bond donors (Lipinski definition) is 2. The number of nitriles is 1. The van der Waals surface area contributed by atoms with E-state index in [0.717, 1.165) is 28.9 Å². The summed E-state index contributed by atoms with van der Waals surface area (Å²) < 4.78 is 0. The van der Waals surface area contributed by atoms with E-state index >= 15 is 0 Å². The Kier molecular flexibility index (Phi) is 4.55. The van der Waals surface area contributed by atoms with Gasteiger partial charge in [-0.05, 0) is 55.5 Å². The average molecular weight is 388 g/mol. The van der Waals surface area contributed by atoms with Crippen LogP contribution >= 0.6 is 0 Å². The lowest BCUT2D eigenvalue weighted by atomic mass is 9.76. The second kappa shape index (κ2) is 7.06. The van der Waals surface area contributed by atoms with Crippen LogP contribution in [0.5, 0.6) is 0 Å². The summed E-state index contributed by atoms with van der Waals surface area (Å²) in [4.78, 5) is 39.9. The van der Waals surface area contributed by atoms with Crippen molar-refractivity contribution in [1.29, 1.82) is 5.26 Å². The van der Waals surface area contributed by atoms with Crippen LogP contribution in [-0.4, -0.2) is 28.8 Å². The van der Waals surface area contributed by atoms with Crippen LogP contribution in [0, 0.1) is 11.3 Å². The average Bonchev–Trinajstić information content (AvgIpc) is 2.98. The van der Waals surface area contributed by atoms with E-state index in [-0.39, 0.29) is 0 Å². The number of carbonyl (C=O) groups excluding carboxylic acids is 3. The predicted molar refractivity (Wildman–Crippen MR) is 106 cm³/mol. The molecule has 1 saturated heterocycles. The second-order valence-electron chi connectivity index (χ2n) is 7.38. The Labute approximate surface area is 168 Å². The Morgan fingerprint density at radius 1 is 1.24 bits per heavy atom. The molecule has 2 aromatic rings. The fourth-order valence-electron chi connectivity index (χ4n) is 4.16. The van der Waals surface area contributed by atoms with Gasteiger partial charge in [-0.15, -0.1) is 0 Å². The Morgan fingerprint density at radius 3 is 2.83 bits per heavy atom. The standard InChI is InChI=1S/C22H20N4O3/c1-14(19(27)24-17-9-4-6-15(12-17)13-23)26-20(28)22(25-21(26)29)11-5-8-16-7-2-3-10-18(16)22/h2-4,6-7,9-10,12,14H,5,8,11H2,1H3,(H,24,27)(H,25,29)/t14-,22-/m1/s1. The molecule has 29 heavy (non-hydrogen) atoms. The minimum absolute atomic E-state index is 0.400. The zero-order chi connectivity index (χ0) is 20.6.